The predicted octanol–water partition coefficient (Wildman–Crippen LogP) is 3.21. The Hall–Kier alpha value is -3.26. The predicted molar refractivity (Wildman–Crippen MR) is 103 cm³/mol. The van der Waals surface area contributed by atoms with Crippen molar-refractivity contribution in [1.29, 1.82) is 0 Å². The van der Waals surface area contributed by atoms with Crippen molar-refractivity contribution in [2.45, 2.75) is 18.7 Å². The van der Waals surface area contributed by atoms with Crippen LogP contribution in [0.2, 0.25) is 0 Å². The lowest BCUT2D eigenvalue weighted by Gasteiger charge is -2.11. The number of sulfonamides is 1. The summed E-state index contributed by atoms with van der Waals surface area (Å²) in [5.41, 5.74) is 2.91. The molecule has 0 amide bonds. The van der Waals surface area contributed by atoms with E-state index in [9.17, 15) is 8.42 Å². The molecule has 7 nitrogen and oxygen atoms in total. The van der Waals surface area contributed by atoms with Gasteiger partial charge < -0.3 is 0 Å². The zero-order valence-corrected chi connectivity index (χ0v) is 15.6. The van der Waals surface area contributed by atoms with Crippen molar-refractivity contribution in [3.8, 4) is 11.4 Å². The fourth-order valence-electron chi connectivity index (χ4n) is 2.80. The van der Waals surface area contributed by atoms with Crippen LogP contribution in [0.25, 0.3) is 17.0 Å². The van der Waals surface area contributed by atoms with E-state index in [1.54, 1.807) is 31.2 Å². The van der Waals surface area contributed by atoms with Gasteiger partial charge in [0.15, 0.2) is 17.3 Å². The Morgan fingerprint density at radius 1 is 0.926 bits per heavy atom. The minimum absolute atomic E-state index is 0.195. The molecule has 0 spiro atoms. The first-order chi connectivity index (χ1) is 12.9. The van der Waals surface area contributed by atoms with Crippen molar-refractivity contribution in [2.24, 2.45) is 0 Å². The van der Waals surface area contributed by atoms with Gasteiger partial charge in [0.05, 0.1) is 4.90 Å². The number of nitrogens with one attached hydrogen (secondary N) is 1. The van der Waals surface area contributed by atoms with Crippen molar-refractivity contribution < 1.29 is 8.42 Å². The van der Waals surface area contributed by atoms with E-state index in [-0.39, 0.29) is 10.7 Å². The third-order valence-electron chi connectivity index (χ3n) is 4.17. The molecular formula is C19H17N5O2S. The van der Waals surface area contributed by atoms with Gasteiger partial charge >= 0.3 is 0 Å². The van der Waals surface area contributed by atoms with E-state index in [0.717, 1.165) is 11.1 Å². The van der Waals surface area contributed by atoms with Gasteiger partial charge in [0.25, 0.3) is 10.0 Å². The lowest BCUT2D eigenvalue weighted by molar-refractivity contribution is 0.600. The molecule has 2 heterocycles. The zero-order chi connectivity index (χ0) is 19.0. The Morgan fingerprint density at radius 2 is 1.70 bits per heavy atom. The van der Waals surface area contributed by atoms with Crippen LogP contribution >= 0.6 is 0 Å². The van der Waals surface area contributed by atoms with E-state index in [4.69, 9.17) is 0 Å². The highest BCUT2D eigenvalue weighted by molar-refractivity contribution is 7.92. The van der Waals surface area contributed by atoms with Crippen LogP contribution < -0.4 is 4.72 Å². The van der Waals surface area contributed by atoms with E-state index in [1.165, 1.54) is 4.52 Å². The van der Waals surface area contributed by atoms with Gasteiger partial charge in [-0.05, 0) is 43.2 Å². The molecule has 4 aromatic rings. The first-order valence-electron chi connectivity index (χ1n) is 8.32. The maximum absolute atomic E-state index is 12.8. The number of hydrogen-bond donors (Lipinski definition) is 1. The van der Waals surface area contributed by atoms with Crippen LogP contribution in [-0.2, 0) is 10.0 Å². The highest BCUT2D eigenvalue weighted by Crippen LogP contribution is 2.21. The summed E-state index contributed by atoms with van der Waals surface area (Å²) in [4.78, 5) is 0.233. The Balaban J connectivity index is 1.75. The number of nitrogens with zero attached hydrogens (tertiary/aromatic N) is 4. The van der Waals surface area contributed by atoms with E-state index in [1.807, 2.05) is 43.3 Å². The van der Waals surface area contributed by atoms with Crippen molar-refractivity contribution in [1.82, 2.24) is 19.8 Å². The SMILES string of the molecule is Cc1ccc(C)c(S(=O)(=O)Nc2ccc3nnc(-c4ccccc4)n3n2)c1. The molecule has 0 unspecified atom stereocenters. The monoisotopic (exact) mass is 379 g/mol. The molecule has 8 heteroatoms. The van der Waals surface area contributed by atoms with Crippen LogP contribution in [0.3, 0.4) is 0 Å². The molecule has 1 N–H and O–H groups in total. The van der Waals surface area contributed by atoms with Gasteiger partial charge in [-0.15, -0.1) is 15.3 Å². The average Bonchev–Trinajstić information content (AvgIpc) is 3.07. The maximum Gasteiger partial charge on any atom is 0.263 e. The number of fused-ring (bicyclic) bond motifs is 1. The number of aromatic nitrogens is 4. The Kier molecular flexibility index (Phi) is 4.12. The van der Waals surface area contributed by atoms with Crippen LogP contribution in [0.1, 0.15) is 11.1 Å². The zero-order valence-electron chi connectivity index (χ0n) is 14.8. The number of rotatable bonds is 4. The molecule has 4 rings (SSSR count). The van der Waals surface area contributed by atoms with Crippen LogP contribution in [0.4, 0.5) is 5.82 Å². The molecule has 0 radical (unpaired) electrons. The smallest absolute Gasteiger partial charge is 0.262 e. The maximum atomic E-state index is 12.8. The summed E-state index contributed by atoms with van der Waals surface area (Å²) in [5, 5.41) is 12.6. The van der Waals surface area contributed by atoms with Gasteiger partial charge in [0.1, 0.15) is 0 Å². The highest BCUT2D eigenvalue weighted by Gasteiger charge is 2.19. The quantitative estimate of drug-likeness (QED) is 0.588. The van der Waals surface area contributed by atoms with Crippen LogP contribution in [0, 0.1) is 13.8 Å². The fourth-order valence-corrected chi connectivity index (χ4v) is 4.13. The Labute approximate surface area is 156 Å². The molecule has 136 valence electrons. The summed E-state index contributed by atoms with van der Waals surface area (Å²) < 4.78 is 29.7. The van der Waals surface area contributed by atoms with E-state index < -0.39 is 10.0 Å². The van der Waals surface area contributed by atoms with E-state index >= 15 is 0 Å². The second-order valence-corrected chi connectivity index (χ2v) is 7.90. The third-order valence-corrected chi connectivity index (χ3v) is 5.66. The second kappa shape index (κ2) is 6.48. The van der Waals surface area contributed by atoms with Crippen molar-refractivity contribution >= 4 is 21.5 Å². The van der Waals surface area contributed by atoms with Gasteiger partial charge in [-0.1, -0.05) is 42.5 Å². The molecule has 0 saturated heterocycles. The Bertz CT molecular complexity index is 1230. The summed E-state index contributed by atoms with van der Waals surface area (Å²) in [6.07, 6.45) is 0. The molecule has 0 bridgehead atoms. The Morgan fingerprint density at radius 3 is 2.48 bits per heavy atom. The molecule has 0 atom stereocenters. The first kappa shape index (κ1) is 17.2. The molecule has 0 aliphatic heterocycles. The fraction of sp³-hybridized carbons (Fsp3) is 0.105. The highest BCUT2D eigenvalue weighted by atomic mass is 32.2. The summed E-state index contributed by atoms with van der Waals surface area (Å²) in [6.45, 7) is 3.62. The number of benzene rings is 2. The van der Waals surface area contributed by atoms with Gasteiger partial charge in [0, 0.05) is 5.56 Å². The van der Waals surface area contributed by atoms with Crippen molar-refractivity contribution in [3.63, 3.8) is 0 Å². The number of anilines is 1. The molecule has 2 aromatic heterocycles. The molecule has 0 aliphatic carbocycles. The topological polar surface area (TPSA) is 89.2 Å². The average molecular weight is 379 g/mol. The summed E-state index contributed by atoms with van der Waals surface area (Å²) in [7, 11) is -3.76. The lowest BCUT2D eigenvalue weighted by Crippen LogP contribution is -2.16. The second-order valence-electron chi connectivity index (χ2n) is 6.25. The standard InChI is InChI=1S/C19H17N5O2S/c1-13-8-9-14(2)16(12-13)27(25,26)23-17-10-11-18-20-21-19(24(18)22-17)15-6-4-3-5-7-15/h3-12H,1-2H3,(H,22,23). The minimum atomic E-state index is -3.76. The molecular weight excluding hydrogens is 362 g/mol. The molecule has 0 fully saturated rings. The summed E-state index contributed by atoms with van der Waals surface area (Å²) >= 11 is 0. The van der Waals surface area contributed by atoms with Gasteiger partial charge in [-0.25, -0.2) is 8.42 Å². The van der Waals surface area contributed by atoms with Gasteiger partial charge in [-0.2, -0.15) is 4.52 Å². The minimum Gasteiger partial charge on any atom is -0.262 e. The van der Waals surface area contributed by atoms with E-state index in [0.29, 0.717) is 17.0 Å². The van der Waals surface area contributed by atoms with Crippen molar-refractivity contribution in [3.05, 3.63) is 71.8 Å². The third kappa shape index (κ3) is 3.26. The molecule has 0 saturated carbocycles. The van der Waals surface area contributed by atoms with Gasteiger partial charge in [-0.3, -0.25) is 4.72 Å². The summed E-state index contributed by atoms with van der Waals surface area (Å²) in [6, 6.07) is 18.0. The number of aryl methyl sites for hydroxylation is 2. The first-order valence-corrected chi connectivity index (χ1v) is 9.80. The molecule has 27 heavy (non-hydrogen) atoms. The molecule has 0 aliphatic rings. The number of hydrogen-bond acceptors (Lipinski definition) is 5. The lowest BCUT2D eigenvalue weighted by atomic mass is 10.2. The van der Waals surface area contributed by atoms with Gasteiger partial charge in [0.2, 0.25) is 0 Å². The van der Waals surface area contributed by atoms with Crippen LogP contribution in [0.5, 0.6) is 0 Å². The largest absolute Gasteiger partial charge is 0.263 e. The van der Waals surface area contributed by atoms with Crippen LogP contribution in [0.15, 0.2) is 65.6 Å². The van der Waals surface area contributed by atoms with Crippen molar-refractivity contribution in [2.75, 3.05) is 4.72 Å². The molecule has 2 aromatic carbocycles. The normalized spacial score (nSPS) is 11.6. The van der Waals surface area contributed by atoms with E-state index in [2.05, 4.69) is 20.0 Å². The van der Waals surface area contributed by atoms with Crippen LogP contribution in [-0.4, -0.2) is 28.2 Å². The summed E-state index contributed by atoms with van der Waals surface area (Å²) in [5.74, 6) is 0.735.